The van der Waals surface area contributed by atoms with Gasteiger partial charge in [0.1, 0.15) is 17.2 Å². The van der Waals surface area contributed by atoms with Gasteiger partial charge in [-0.25, -0.2) is 4.98 Å². The summed E-state index contributed by atoms with van der Waals surface area (Å²) in [6, 6.07) is 11.8. The highest BCUT2D eigenvalue weighted by Gasteiger charge is 2.17. The van der Waals surface area contributed by atoms with Crippen LogP contribution in [0.15, 0.2) is 54.7 Å². The number of ether oxygens (including phenoxy) is 1. The van der Waals surface area contributed by atoms with E-state index in [1.165, 1.54) is 17.3 Å². The Morgan fingerprint density at radius 2 is 2.06 bits per heavy atom. The molecule has 180 valence electrons. The molecule has 2 aromatic heterocycles. The Morgan fingerprint density at radius 3 is 3.00 bits per heavy atom. The Hall–Kier alpha value is -3.98. The van der Waals surface area contributed by atoms with E-state index in [0.717, 1.165) is 38.0 Å². The van der Waals surface area contributed by atoms with E-state index in [2.05, 4.69) is 55.0 Å². The van der Waals surface area contributed by atoms with Gasteiger partial charge in [0.15, 0.2) is 0 Å². The third-order valence-corrected chi connectivity index (χ3v) is 5.98. The summed E-state index contributed by atoms with van der Waals surface area (Å²) >= 11 is 0. The van der Waals surface area contributed by atoms with E-state index in [4.69, 9.17) is 4.74 Å². The fraction of sp³-hybridized carbons (Fsp3) is 0.308. The van der Waals surface area contributed by atoms with E-state index in [-0.39, 0.29) is 5.91 Å². The molecule has 0 unspecified atom stereocenters. The lowest BCUT2D eigenvalue weighted by molar-refractivity contribution is 0.0958. The summed E-state index contributed by atoms with van der Waals surface area (Å²) in [5.41, 5.74) is 3.90. The molecule has 5 rings (SSSR count). The summed E-state index contributed by atoms with van der Waals surface area (Å²) in [5.74, 6) is 1.54. The minimum absolute atomic E-state index is 0.261. The SMILES string of the molecule is CN1CCc2ccc(Nc3ncc4c(n3)Nc3cccc(n3)OCCC/C=C\CNC4=O)cc2C1. The second-order valence-corrected chi connectivity index (χ2v) is 8.71. The smallest absolute Gasteiger partial charge is 0.256 e. The van der Waals surface area contributed by atoms with Crippen molar-refractivity contribution in [3.05, 3.63) is 71.4 Å². The Bertz CT molecular complexity index is 1240. The van der Waals surface area contributed by atoms with Crippen LogP contribution >= 0.6 is 0 Å². The van der Waals surface area contributed by atoms with Crippen molar-refractivity contribution in [2.24, 2.45) is 0 Å². The van der Waals surface area contributed by atoms with Crippen molar-refractivity contribution in [1.82, 2.24) is 25.2 Å². The van der Waals surface area contributed by atoms with Crippen molar-refractivity contribution >= 4 is 29.2 Å². The number of fused-ring (bicyclic) bond motifs is 4. The lowest BCUT2D eigenvalue weighted by Gasteiger charge is -2.25. The van der Waals surface area contributed by atoms with Crippen molar-refractivity contribution < 1.29 is 9.53 Å². The second-order valence-electron chi connectivity index (χ2n) is 8.71. The van der Waals surface area contributed by atoms with E-state index in [1.807, 2.05) is 36.4 Å². The molecular formula is C26H29N7O2. The number of anilines is 4. The van der Waals surface area contributed by atoms with Crippen LogP contribution in [-0.2, 0) is 13.0 Å². The van der Waals surface area contributed by atoms with Crippen molar-refractivity contribution in [2.75, 3.05) is 37.4 Å². The molecule has 0 saturated heterocycles. The molecule has 35 heavy (non-hydrogen) atoms. The quantitative estimate of drug-likeness (QED) is 0.485. The number of pyridine rings is 1. The third-order valence-electron chi connectivity index (χ3n) is 5.98. The number of carbonyl (C=O) groups is 1. The third kappa shape index (κ3) is 5.75. The summed E-state index contributed by atoms with van der Waals surface area (Å²) in [7, 11) is 2.13. The molecule has 2 bridgehead atoms. The molecule has 3 aromatic rings. The van der Waals surface area contributed by atoms with Gasteiger partial charge in [-0.1, -0.05) is 24.3 Å². The first-order valence-corrected chi connectivity index (χ1v) is 11.9. The van der Waals surface area contributed by atoms with Gasteiger partial charge < -0.3 is 25.6 Å². The zero-order valence-electron chi connectivity index (χ0n) is 19.8. The van der Waals surface area contributed by atoms with Gasteiger partial charge in [0, 0.05) is 37.6 Å². The first-order chi connectivity index (χ1) is 17.1. The van der Waals surface area contributed by atoms with Gasteiger partial charge in [0.05, 0.1) is 6.61 Å². The number of likely N-dealkylation sites (N-methyl/N-ethyl adjacent to an activating group) is 1. The lowest BCUT2D eigenvalue weighted by Crippen LogP contribution is -2.26. The van der Waals surface area contributed by atoms with Crippen molar-refractivity contribution in [1.29, 1.82) is 0 Å². The molecule has 9 nitrogen and oxygen atoms in total. The number of aromatic nitrogens is 3. The first-order valence-electron chi connectivity index (χ1n) is 11.9. The Balaban J connectivity index is 1.44. The van der Waals surface area contributed by atoms with E-state index >= 15 is 0 Å². The second kappa shape index (κ2) is 10.5. The van der Waals surface area contributed by atoms with Gasteiger partial charge in [-0.3, -0.25) is 4.79 Å². The number of allylic oxidation sites excluding steroid dienone is 1. The summed E-state index contributed by atoms with van der Waals surface area (Å²) < 4.78 is 5.77. The number of nitrogens with zero attached hydrogens (tertiary/aromatic N) is 4. The van der Waals surface area contributed by atoms with Crippen LogP contribution in [0.5, 0.6) is 5.88 Å². The maximum atomic E-state index is 12.9. The number of nitrogens with one attached hydrogen (secondary N) is 3. The van der Waals surface area contributed by atoms with Crippen molar-refractivity contribution in [2.45, 2.75) is 25.8 Å². The van der Waals surface area contributed by atoms with E-state index in [9.17, 15) is 4.79 Å². The molecule has 3 N–H and O–H groups in total. The zero-order chi connectivity index (χ0) is 24.0. The first kappa shape index (κ1) is 22.8. The fourth-order valence-corrected chi connectivity index (χ4v) is 4.12. The lowest BCUT2D eigenvalue weighted by atomic mass is 9.99. The Morgan fingerprint density at radius 1 is 1.11 bits per heavy atom. The predicted octanol–water partition coefficient (Wildman–Crippen LogP) is 3.81. The van der Waals surface area contributed by atoms with Gasteiger partial charge in [0.25, 0.3) is 5.91 Å². The molecule has 4 heterocycles. The molecule has 1 amide bonds. The number of carbonyl (C=O) groups excluding carboxylic acids is 1. The van der Waals surface area contributed by atoms with Gasteiger partial charge in [-0.05, 0) is 55.6 Å². The summed E-state index contributed by atoms with van der Waals surface area (Å²) in [6.45, 7) is 2.97. The Kier molecular flexibility index (Phi) is 6.85. The fourth-order valence-electron chi connectivity index (χ4n) is 4.12. The minimum Gasteiger partial charge on any atom is -0.478 e. The molecule has 0 radical (unpaired) electrons. The number of rotatable bonds is 2. The molecule has 0 atom stereocenters. The highest BCUT2D eigenvalue weighted by molar-refractivity contribution is 5.99. The van der Waals surface area contributed by atoms with Crippen LogP contribution in [-0.4, -0.2) is 52.5 Å². The molecule has 0 aliphatic carbocycles. The number of hydrogen-bond donors (Lipinski definition) is 3. The van der Waals surface area contributed by atoms with Gasteiger partial charge >= 0.3 is 0 Å². The summed E-state index contributed by atoms with van der Waals surface area (Å²) in [6.07, 6.45) is 8.28. The molecule has 2 aliphatic rings. The van der Waals surface area contributed by atoms with Crippen LogP contribution in [0.2, 0.25) is 0 Å². The van der Waals surface area contributed by atoms with Crippen molar-refractivity contribution in [3.8, 4) is 5.88 Å². The molecule has 2 aliphatic heterocycles. The summed E-state index contributed by atoms with van der Waals surface area (Å²) in [4.78, 5) is 28.7. The molecule has 0 spiro atoms. The van der Waals surface area contributed by atoms with Gasteiger partial charge in [0.2, 0.25) is 11.8 Å². The van der Waals surface area contributed by atoms with Gasteiger partial charge in [-0.15, -0.1) is 0 Å². The van der Waals surface area contributed by atoms with Crippen LogP contribution in [0.1, 0.15) is 34.3 Å². The molecule has 9 heteroatoms. The van der Waals surface area contributed by atoms with Crippen LogP contribution in [0, 0.1) is 0 Å². The van der Waals surface area contributed by atoms with E-state index < -0.39 is 0 Å². The largest absolute Gasteiger partial charge is 0.478 e. The summed E-state index contributed by atoms with van der Waals surface area (Å²) in [5, 5.41) is 9.36. The average Bonchev–Trinajstić information content (AvgIpc) is 2.85. The van der Waals surface area contributed by atoms with E-state index in [0.29, 0.717) is 42.2 Å². The van der Waals surface area contributed by atoms with Crippen LogP contribution < -0.4 is 20.7 Å². The number of amides is 1. The number of hydrogen-bond acceptors (Lipinski definition) is 8. The monoisotopic (exact) mass is 471 g/mol. The molecule has 1 aromatic carbocycles. The standard InChI is InChI=1S/C26H29N7O2/c1-33-13-11-18-9-10-20(15-19(18)17-33)29-26-28-16-21-24(32-26)31-22-7-6-8-23(30-22)35-14-5-3-2-4-12-27-25(21)34/h2,4,6-10,15-16H,3,5,11-14,17H2,1H3,(H,27,34)(H2,28,29,30,31,32)/b4-2-. The van der Waals surface area contributed by atoms with Crippen LogP contribution in [0.4, 0.5) is 23.3 Å². The molecule has 0 fully saturated rings. The predicted molar refractivity (Wildman–Crippen MR) is 136 cm³/mol. The average molecular weight is 472 g/mol. The Labute approximate surface area is 204 Å². The van der Waals surface area contributed by atoms with E-state index in [1.54, 1.807) is 0 Å². The zero-order valence-corrected chi connectivity index (χ0v) is 19.8. The van der Waals surface area contributed by atoms with Crippen molar-refractivity contribution in [3.63, 3.8) is 0 Å². The van der Waals surface area contributed by atoms with Gasteiger partial charge in [-0.2, -0.15) is 9.97 Å². The normalized spacial score (nSPS) is 17.3. The molecule has 0 saturated carbocycles. The number of benzene rings is 1. The topological polar surface area (TPSA) is 104 Å². The maximum Gasteiger partial charge on any atom is 0.256 e. The minimum atomic E-state index is -0.261. The maximum absolute atomic E-state index is 12.9. The highest BCUT2D eigenvalue weighted by Crippen LogP contribution is 2.25. The highest BCUT2D eigenvalue weighted by atomic mass is 16.5. The van der Waals surface area contributed by atoms with Crippen LogP contribution in [0.25, 0.3) is 0 Å². The molecular weight excluding hydrogens is 442 g/mol. The van der Waals surface area contributed by atoms with Crippen LogP contribution in [0.3, 0.4) is 0 Å².